The summed E-state index contributed by atoms with van der Waals surface area (Å²) in [6, 6.07) is 9.31. The van der Waals surface area contributed by atoms with Crippen molar-refractivity contribution in [3.05, 3.63) is 35.4 Å². The van der Waals surface area contributed by atoms with Crippen LogP contribution in [0, 0.1) is 0 Å². The third kappa shape index (κ3) is 4.03. The topological polar surface area (TPSA) is 53.6 Å². The fourth-order valence-corrected chi connectivity index (χ4v) is 3.65. The fourth-order valence-electron chi connectivity index (χ4n) is 3.65. The van der Waals surface area contributed by atoms with Crippen LogP contribution in [0.2, 0.25) is 0 Å². The first-order chi connectivity index (χ1) is 11.1. The molecule has 1 heterocycles. The minimum atomic E-state index is -0.0597. The summed E-state index contributed by atoms with van der Waals surface area (Å²) in [6.07, 6.45) is 1.86. The Bertz CT molecular complexity index is 524. The lowest BCUT2D eigenvalue weighted by molar-refractivity contribution is -0.0176. The number of nitrogens with one attached hydrogen (secondary N) is 2. The first-order valence-corrected chi connectivity index (χ1v) is 8.58. The summed E-state index contributed by atoms with van der Waals surface area (Å²) in [7, 11) is 0. The first-order valence-electron chi connectivity index (χ1n) is 8.58. The van der Waals surface area contributed by atoms with Gasteiger partial charge in [0, 0.05) is 31.2 Å². The van der Waals surface area contributed by atoms with Crippen LogP contribution in [0.5, 0.6) is 0 Å². The molecular weight excluding hydrogens is 290 g/mol. The van der Waals surface area contributed by atoms with Gasteiger partial charge in [0.1, 0.15) is 0 Å². The van der Waals surface area contributed by atoms with Crippen molar-refractivity contribution >= 4 is 6.03 Å². The Balaban J connectivity index is 1.42. The molecule has 2 atom stereocenters. The molecule has 2 aliphatic rings. The largest absolute Gasteiger partial charge is 0.379 e. The summed E-state index contributed by atoms with van der Waals surface area (Å²) in [5, 5.41) is 6.12. The van der Waals surface area contributed by atoms with Crippen molar-refractivity contribution in [1.82, 2.24) is 15.5 Å². The van der Waals surface area contributed by atoms with Crippen molar-refractivity contribution in [1.29, 1.82) is 0 Å². The minimum Gasteiger partial charge on any atom is -0.379 e. The highest BCUT2D eigenvalue weighted by Crippen LogP contribution is 2.21. The molecule has 0 bridgehead atoms. The number of hydrogen-bond acceptors (Lipinski definition) is 3. The van der Waals surface area contributed by atoms with Gasteiger partial charge in [-0.05, 0) is 37.8 Å². The summed E-state index contributed by atoms with van der Waals surface area (Å²) >= 11 is 0. The van der Waals surface area contributed by atoms with Crippen molar-refractivity contribution in [3.8, 4) is 0 Å². The maximum atomic E-state index is 12.2. The summed E-state index contributed by atoms with van der Waals surface area (Å²) in [4.78, 5) is 14.6. The van der Waals surface area contributed by atoms with E-state index in [0.29, 0.717) is 18.6 Å². The number of nitrogens with zero attached hydrogens (tertiary/aromatic N) is 1. The molecule has 2 N–H and O–H groups in total. The van der Waals surface area contributed by atoms with E-state index in [0.717, 1.165) is 32.6 Å². The third-order valence-corrected chi connectivity index (χ3v) is 4.93. The second-order valence-electron chi connectivity index (χ2n) is 6.74. The van der Waals surface area contributed by atoms with Gasteiger partial charge < -0.3 is 15.4 Å². The maximum Gasteiger partial charge on any atom is 0.315 e. The molecule has 0 spiro atoms. The van der Waals surface area contributed by atoms with E-state index in [1.54, 1.807) is 0 Å². The molecule has 1 fully saturated rings. The Morgan fingerprint density at radius 3 is 2.70 bits per heavy atom. The predicted molar refractivity (Wildman–Crippen MR) is 90.6 cm³/mol. The van der Waals surface area contributed by atoms with Gasteiger partial charge in [-0.2, -0.15) is 0 Å². The van der Waals surface area contributed by atoms with E-state index in [4.69, 9.17) is 4.74 Å². The average molecular weight is 317 g/mol. The third-order valence-electron chi connectivity index (χ3n) is 4.93. The lowest BCUT2D eigenvalue weighted by Gasteiger charge is -2.37. The molecule has 1 aliphatic heterocycles. The highest BCUT2D eigenvalue weighted by Gasteiger charge is 2.25. The number of hydrogen-bond donors (Lipinski definition) is 2. The molecule has 2 amide bonds. The van der Waals surface area contributed by atoms with E-state index in [9.17, 15) is 4.79 Å². The van der Waals surface area contributed by atoms with Gasteiger partial charge in [-0.25, -0.2) is 4.79 Å². The number of benzene rings is 1. The summed E-state index contributed by atoms with van der Waals surface area (Å²) in [5.74, 6) is 0. The van der Waals surface area contributed by atoms with Gasteiger partial charge in [-0.1, -0.05) is 24.3 Å². The average Bonchev–Trinajstić information content (AvgIpc) is 2.95. The SMILES string of the molecule is C[C@H](CNC(=O)NC1Cc2ccccc2C1)N1CCOC[C@@H]1C. The molecule has 5 heteroatoms. The molecule has 0 saturated carbocycles. The van der Waals surface area contributed by atoms with Crippen molar-refractivity contribution in [2.24, 2.45) is 0 Å². The van der Waals surface area contributed by atoms with Crippen LogP contribution in [0.4, 0.5) is 4.79 Å². The Kier molecular flexibility index (Phi) is 5.18. The van der Waals surface area contributed by atoms with Crippen LogP contribution < -0.4 is 10.6 Å². The molecule has 1 saturated heterocycles. The quantitative estimate of drug-likeness (QED) is 0.886. The van der Waals surface area contributed by atoms with Crippen LogP contribution in [-0.2, 0) is 17.6 Å². The van der Waals surface area contributed by atoms with Gasteiger partial charge in [-0.3, -0.25) is 4.90 Å². The van der Waals surface area contributed by atoms with Crippen LogP contribution >= 0.6 is 0 Å². The number of carbonyl (C=O) groups is 1. The zero-order valence-electron chi connectivity index (χ0n) is 14.0. The molecule has 5 nitrogen and oxygen atoms in total. The molecule has 1 aliphatic carbocycles. The normalized spacial score (nSPS) is 23.3. The Hall–Kier alpha value is -1.59. The monoisotopic (exact) mass is 317 g/mol. The van der Waals surface area contributed by atoms with Gasteiger partial charge in [0.05, 0.1) is 13.2 Å². The van der Waals surface area contributed by atoms with E-state index in [1.165, 1.54) is 11.1 Å². The first kappa shape index (κ1) is 16.3. The zero-order chi connectivity index (χ0) is 16.2. The maximum absolute atomic E-state index is 12.2. The van der Waals surface area contributed by atoms with Crippen LogP contribution in [0.25, 0.3) is 0 Å². The van der Waals surface area contributed by atoms with E-state index in [-0.39, 0.29) is 12.1 Å². The van der Waals surface area contributed by atoms with E-state index < -0.39 is 0 Å². The van der Waals surface area contributed by atoms with Crippen LogP contribution in [-0.4, -0.2) is 55.4 Å². The highest BCUT2D eigenvalue weighted by atomic mass is 16.5. The van der Waals surface area contributed by atoms with Gasteiger partial charge in [0.2, 0.25) is 0 Å². The van der Waals surface area contributed by atoms with Gasteiger partial charge in [0.25, 0.3) is 0 Å². The molecule has 3 rings (SSSR count). The molecule has 126 valence electrons. The van der Waals surface area contributed by atoms with E-state index in [2.05, 4.69) is 53.6 Å². The molecule has 0 aromatic heterocycles. The smallest absolute Gasteiger partial charge is 0.315 e. The zero-order valence-corrected chi connectivity index (χ0v) is 14.0. The van der Waals surface area contributed by atoms with E-state index in [1.807, 2.05) is 0 Å². The number of urea groups is 1. The molecule has 1 aromatic rings. The molecule has 23 heavy (non-hydrogen) atoms. The van der Waals surface area contributed by atoms with Gasteiger partial charge in [0.15, 0.2) is 0 Å². The van der Waals surface area contributed by atoms with Crippen molar-refractivity contribution in [3.63, 3.8) is 0 Å². The van der Waals surface area contributed by atoms with E-state index >= 15 is 0 Å². The lowest BCUT2D eigenvalue weighted by atomic mass is 10.1. The summed E-state index contributed by atoms with van der Waals surface area (Å²) in [5.41, 5.74) is 2.71. The Labute approximate surface area is 138 Å². The van der Waals surface area contributed by atoms with Crippen LogP contribution in [0.15, 0.2) is 24.3 Å². The van der Waals surface area contributed by atoms with Crippen molar-refractivity contribution < 1.29 is 9.53 Å². The van der Waals surface area contributed by atoms with Gasteiger partial charge in [-0.15, -0.1) is 0 Å². The Morgan fingerprint density at radius 1 is 1.35 bits per heavy atom. The summed E-state index contributed by atoms with van der Waals surface area (Å²) in [6.45, 7) is 7.48. The fraction of sp³-hybridized carbons (Fsp3) is 0.611. The number of amides is 2. The number of morpholine rings is 1. The highest BCUT2D eigenvalue weighted by molar-refractivity contribution is 5.74. The second kappa shape index (κ2) is 7.32. The second-order valence-corrected chi connectivity index (χ2v) is 6.74. The Morgan fingerprint density at radius 2 is 2.04 bits per heavy atom. The van der Waals surface area contributed by atoms with Crippen LogP contribution in [0.3, 0.4) is 0 Å². The molecule has 0 unspecified atom stereocenters. The number of rotatable bonds is 4. The predicted octanol–water partition coefficient (Wildman–Crippen LogP) is 1.56. The lowest BCUT2D eigenvalue weighted by Crippen LogP contribution is -2.53. The van der Waals surface area contributed by atoms with Gasteiger partial charge >= 0.3 is 6.03 Å². The minimum absolute atomic E-state index is 0.0597. The molecule has 0 radical (unpaired) electrons. The number of ether oxygens (including phenoxy) is 1. The number of fused-ring (bicyclic) bond motifs is 1. The van der Waals surface area contributed by atoms with Crippen LogP contribution in [0.1, 0.15) is 25.0 Å². The molecular formula is C18H27N3O2. The van der Waals surface area contributed by atoms with Crippen molar-refractivity contribution in [2.45, 2.75) is 44.8 Å². The van der Waals surface area contributed by atoms with Crippen molar-refractivity contribution in [2.75, 3.05) is 26.3 Å². The standard InChI is InChI=1S/C18H27N3O2/c1-13(21-7-8-23-12-14(21)2)11-19-18(22)20-17-9-15-5-3-4-6-16(15)10-17/h3-6,13-14,17H,7-12H2,1-2H3,(H2,19,20,22)/t13-,14+/m1/s1. The number of carbonyl (C=O) groups excluding carboxylic acids is 1. The molecule has 1 aromatic carbocycles. The summed E-state index contributed by atoms with van der Waals surface area (Å²) < 4.78 is 5.47.